The van der Waals surface area contributed by atoms with Gasteiger partial charge in [0.2, 0.25) is 11.8 Å². The van der Waals surface area contributed by atoms with Crippen molar-refractivity contribution < 1.29 is 19.5 Å². The lowest BCUT2D eigenvalue weighted by molar-refractivity contribution is -0.145. The molecule has 1 aliphatic rings. The van der Waals surface area contributed by atoms with Gasteiger partial charge in [0.1, 0.15) is 0 Å². The van der Waals surface area contributed by atoms with E-state index in [0.717, 1.165) is 0 Å². The van der Waals surface area contributed by atoms with Crippen molar-refractivity contribution in [1.29, 1.82) is 0 Å². The summed E-state index contributed by atoms with van der Waals surface area (Å²) in [7, 11) is 0. The Labute approximate surface area is 126 Å². The van der Waals surface area contributed by atoms with Crippen molar-refractivity contribution in [2.24, 2.45) is 17.6 Å². The zero-order chi connectivity index (χ0) is 15.6. The molecule has 4 N–H and O–H groups in total. The maximum Gasteiger partial charge on any atom is 0.307 e. The van der Waals surface area contributed by atoms with E-state index in [1.54, 1.807) is 0 Å². The fourth-order valence-electron chi connectivity index (χ4n) is 2.60. The number of rotatable bonds is 4. The van der Waals surface area contributed by atoms with Gasteiger partial charge in [-0.2, -0.15) is 0 Å². The Hall–Kier alpha value is -2.08. The predicted octanol–water partition coefficient (Wildman–Crippen LogP) is 1.88. The van der Waals surface area contributed by atoms with Gasteiger partial charge in [0.15, 0.2) is 0 Å². The fraction of sp³-hybridized carbons (Fsp3) is 0.357. The van der Waals surface area contributed by atoms with Gasteiger partial charge in [0.25, 0.3) is 0 Å². The third-order valence-corrected chi connectivity index (χ3v) is 4.00. The SMILES string of the molecule is NC(=O)c1cc(NC(=O)C2CCCC2C(=O)O)ccc1Cl. The smallest absolute Gasteiger partial charge is 0.307 e. The van der Waals surface area contributed by atoms with E-state index in [1.165, 1.54) is 18.2 Å². The molecule has 0 spiro atoms. The normalized spacial score (nSPS) is 21.0. The molecule has 0 aliphatic heterocycles. The van der Waals surface area contributed by atoms with Gasteiger partial charge >= 0.3 is 5.97 Å². The Kier molecular flexibility index (Phi) is 4.47. The van der Waals surface area contributed by atoms with Gasteiger partial charge in [-0.15, -0.1) is 0 Å². The van der Waals surface area contributed by atoms with Crippen LogP contribution >= 0.6 is 11.6 Å². The molecule has 6 nitrogen and oxygen atoms in total. The summed E-state index contributed by atoms with van der Waals surface area (Å²) in [6.07, 6.45) is 1.75. The van der Waals surface area contributed by atoms with Gasteiger partial charge in [-0.1, -0.05) is 18.0 Å². The lowest BCUT2D eigenvalue weighted by Gasteiger charge is -2.16. The molecule has 0 radical (unpaired) electrons. The van der Waals surface area contributed by atoms with Gasteiger partial charge in [-0.3, -0.25) is 14.4 Å². The molecular formula is C14H15ClN2O4. The van der Waals surface area contributed by atoms with E-state index >= 15 is 0 Å². The van der Waals surface area contributed by atoms with Gasteiger partial charge < -0.3 is 16.2 Å². The molecule has 1 saturated carbocycles. The molecule has 0 aromatic heterocycles. The standard InChI is InChI=1S/C14H15ClN2O4/c15-11-5-4-7(6-10(11)12(16)18)17-13(19)8-2-1-3-9(8)14(20)21/h4-6,8-9H,1-3H2,(H2,16,18)(H,17,19)(H,20,21). The van der Waals surface area contributed by atoms with Gasteiger partial charge in [0.05, 0.1) is 22.4 Å². The van der Waals surface area contributed by atoms with Crippen LogP contribution in [0.4, 0.5) is 5.69 Å². The zero-order valence-corrected chi connectivity index (χ0v) is 11.9. The summed E-state index contributed by atoms with van der Waals surface area (Å²) in [5, 5.41) is 11.9. The Morgan fingerprint density at radius 1 is 1.24 bits per heavy atom. The van der Waals surface area contributed by atoms with Crippen LogP contribution in [0.1, 0.15) is 29.6 Å². The number of anilines is 1. The highest BCUT2D eigenvalue weighted by Gasteiger charge is 2.37. The van der Waals surface area contributed by atoms with E-state index in [1.807, 2.05) is 0 Å². The minimum absolute atomic E-state index is 0.107. The molecule has 2 amide bonds. The summed E-state index contributed by atoms with van der Waals surface area (Å²) in [4.78, 5) is 34.5. The highest BCUT2D eigenvalue weighted by atomic mass is 35.5. The molecule has 0 bridgehead atoms. The van der Waals surface area contributed by atoms with E-state index < -0.39 is 23.7 Å². The number of benzene rings is 1. The van der Waals surface area contributed by atoms with E-state index in [0.29, 0.717) is 24.9 Å². The summed E-state index contributed by atoms with van der Waals surface area (Å²) in [5.41, 5.74) is 5.66. The third-order valence-electron chi connectivity index (χ3n) is 3.67. The molecule has 0 saturated heterocycles. The second kappa shape index (κ2) is 6.13. The number of carbonyl (C=O) groups is 3. The molecule has 1 fully saturated rings. The van der Waals surface area contributed by atoms with Crippen molar-refractivity contribution in [3.05, 3.63) is 28.8 Å². The van der Waals surface area contributed by atoms with Crippen molar-refractivity contribution in [2.45, 2.75) is 19.3 Å². The Morgan fingerprint density at radius 3 is 2.52 bits per heavy atom. The molecule has 7 heteroatoms. The van der Waals surface area contributed by atoms with E-state index in [9.17, 15) is 14.4 Å². The quantitative estimate of drug-likeness (QED) is 0.788. The van der Waals surface area contributed by atoms with Crippen LogP contribution in [0.3, 0.4) is 0 Å². The number of halogens is 1. The first-order chi connectivity index (χ1) is 9.90. The molecule has 0 heterocycles. The molecule has 2 unspecified atom stereocenters. The average molecular weight is 311 g/mol. The molecule has 2 rings (SSSR count). The summed E-state index contributed by atoms with van der Waals surface area (Å²) in [6.45, 7) is 0. The Balaban J connectivity index is 2.14. The van der Waals surface area contributed by atoms with E-state index in [-0.39, 0.29) is 16.5 Å². The van der Waals surface area contributed by atoms with Gasteiger partial charge in [0, 0.05) is 5.69 Å². The summed E-state index contributed by atoms with van der Waals surface area (Å²) in [6, 6.07) is 4.38. The molecular weight excluding hydrogens is 296 g/mol. The van der Waals surface area contributed by atoms with Crippen LogP contribution in [0.15, 0.2) is 18.2 Å². The minimum atomic E-state index is -0.957. The molecule has 1 aromatic rings. The molecule has 21 heavy (non-hydrogen) atoms. The Morgan fingerprint density at radius 2 is 1.90 bits per heavy atom. The van der Waals surface area contributed by atoms with Crippen LogP contribution in [0.5, 0.6) is 0 Å². The average Bonchev–Trinajstić information content (AvgIpc) is 2.90. The second-order valence-electron chi connectivity index (χ2n) is 5.03. The summed E-state index contributed by atoms with van der Waals surface area (Å²) < 4.78 is 0. The Bertz CT molecular complexity index is 603. The zero-order valence-electron chi connectivity index (χ0n) is 11.1. The number of hydrogen-bond acceptors (Lipinski definition) is 3. The van der Waals surface area contributed by atoms with Crippen molar-refractivity contribution in [3.63, 3.8) is 0 Å². The van der Waals surface area contributed by atoms with Crippen LogP contribution in [-0.2, 0) is 9.59 Å². The first kappa shape index (κ1) is 15.3. The monoisotopic (exact) mass is 310 g/mol. The van der Waals surface area contributed by atoms with E-state index in [2.05, 4.69) is 5.32 Å². The van der Waals surface area contributed by atoms with Crippen molar-refractivity contribution in [3.8, 4) is 0 Å². The summed E-state index contributed by atoms with van der Waals surface area (Å²) >= 11 is 5.83. The van der Waals surface area contributed by atoms with Gasteiger partial charge in [-0.05, 0) is 31.0 Å². The second-order valence-corrected chi connectivity index (χ2v) is 5.44. The third kappa shape index (κ3) is 3.33. The van der Waals surface area contributed by atoms with Crippen LogP contribution in [0, 0.1) is 11.8 Å². The molecule has 1 aliphatic carbocycles. The van der Waals surface area contributed by atoms with Crippen LogP contribution in [0.25, 0.3) is 0 Å². The maximum atomic E-state index is 12.2. The van der Waals surface area contributed by atoms with Crippen LogP contribution < -0.4 is 11.1 Å². The predicted molar refractivity (Wildman–Crippen MR) is 77.1 cm³/mol. The number of carboxylic acids is 1. The number of nitrogens with one attached hydrogen (secondary N) is 1. The number of carboxylic acid groups (broad SMARTS) is 1. The molecule has 2 atom stereocenters. The van der Waals surface area contributed by atoms with E-state index in [4.69, 9.17) is 22.4 Å². The molecule has 112 valence electrons. The van der Waals surface area contributed by atoms with Crippen LogP contribution in [0.2, 0.25) is 5.02 Å². The number of primary amides is 1. The molecule has 1 aromatic carbocycles. The van der Waals surface area contributed by atoms with Crippen molar-refractivity contribution in [2.75, 3.05) is 5.32 Å². The maximum absolute atomic E-state index is 12.2. The summed E-state index contributed by atoms with van der Waals surface area (Å²) in [5.74, 6) is -3.23. The van der Waals surface area contributed by atoms with Gasteiger partial charge in [-0.25, -0.2) is 0 Å². The fourth-order valence-corrected chi connectivity index (χ4v) is 2.81. The minimum Gasteiger partial charge on any atom is -0.481 e. The largest absolute Gasteiger partial charge is 0.481 e. The lowest BCUT2D eigenvalue weighted by Crippen LogP contribution is -2.30. The highest BCUT2D eigenvalue weighted by Crippen LogP contribution is 2.33. The number of aliphatic carboxylic acids is 1. The number of amides is 2. The number of nitrogens with two attached hydrogens (primary N) is 1. The first-order valence-electron chi connectivity index (χ1n) is 6.53. The van der Waals surface area contributed by atoms with Crippen molar-refractivity contribution in [1.82, 2.24) is 0 Å². The first-order valence-corrected chi connectivity index (χ1v) is 6.91. The number of hydrogen-bond donors (Lipinski definition) is 3. The topological polar surface area (TPSA) is 109 Å². The lowest BCUT2D eigenvalue weighted by atomic mass is 9.95. The van der Waals surface area contributed by atoms with Crippen LogP contribution in [-0.4, -0.2) is 22.9 Å². The number of carbonyl (C=O) groups excluding carboxylic acids is 2. The van der Waals surface area contributed by atoms with Crippen molar-refractivity contribution >= 4 is 35.1 Å². The highest BCUT2D eigenvalue weighted by molar-refractivity contribution is 6.34.